The standard InChI is InChI=1S/C18H24O2/c1-17-11-6-12-18(2,16(19)20-3)15(17)10-9-13-7-4-5-8-14(13)17/h4-5,7-8,15H,6,9-12H2,1-3H3/t15-,17-,18-/m0/s1. The Kier molecular flexibility index (Phi) is 3.15. The van der Waals surface area contributed by atoms with Crippen LogP contribution in [0.15, 0.2) is 24.3 Å². The van der Waals surface area contributed by atoms with Gasteiger partial charge >= 0.3 is 5.97 Å². The van der Waals surface area contributed by atoms with E-state index in [2.05, 4.69) is 38.1 Å². The number of rotatable bonds is 1. The van der Waals surface area contributed by atoms with Crippen molar-refractivity contribution in [1.82, 2.24) is 0 Å². The molecule has 0 heterocycles. The molecule has 2 aliphatic carbocycles. The van der Waals surface area contributed by atoms with Crippen LogP contribution in [0.1, 0.15) is 50.7 Å². The lowest BCUT2D eigenvalue weighted by Crippen LogP contribution is -2.52. The lowest BCUT2D eigenvalue weighted by Gasteiger charge is -2.54. The number of hydrogen-bond acceptors (Lipinski definition) is 2. The van der Waals surface area contributed by atoms with Gasteiger partial charge < -0.3 is 4.74 Å². The molecule has 1 aromatic rings. The van der Waals surface area contributed by atoms with E-state index in [1.54, 1.807) is 0 Å². The quantitative estimate of drug-likeness (QED) is 0.725. The summed E-state index contributed by atoms with van der Waals surface area (Å²) in [4.78, 5) is 12.4. The summed E-state index contributed by atoms with van der Waals surface area (Å²) >= 11 is 0. The van der Waals surface area contributed by atoms with Crippen LogP contribution in [0.2, 0.25) is 0 Å². The maximum Gasteiger partial charge on any atom is 0.311 e. The van der Waals surface area contributed by atoms with Crippen molar-refractivity contribution >= 4 is 5.97 Å². The molecular formula is C18H24O2. The zero-order valence-electron chi connectivity index (χ0n) is 12.7. The van der Waals surface area contributed by atoms with Crippen LogP contribution >= 0.6 is 0 Å². The minimum Gasteiger partial charge on any atom is -0.469 e. The Morgan fingerprint density at radius 2 is 2.00 bits per heavy atom. The third-order valence-electron chi connectivity index (χ3n) is 5.92. The molecule has 1 aromatic carbocycles. The summed E-state index contributed by atoms with van der Waals surface area (Å²) in [6.45, 7) is 4.48. The molecule has 108 valence electrons. The Balaban J connectivity index is 2.08. The molecule has 3 rings (SSSR count). The fourth-order valence-electron chi connectivity index (χ4n) is 4.91. The van der Waals surface area contributed by atoms with E-state index < -0.39 is 0 Å². The minimum atomic E-state index is -0.324. The van der Waals surface area contributed by atoms with Gasteiger partial charge in [0.15, 0.2) is 0 Å². The molecule has 0 unspecified atom stereocenters. The second kappa shape index (κ2) is 4.61. The smallest absolute Gasteiger partial charge is 0.311 e. The Morgan fingerprint density at radius 1 is 1.25 bits per heavy atom. The van der Waals surface area contributed by atoms with Gasteiger partial charge in [0.2, 0.25) is 0 Å². The Hall–Kier alpha value is -1.31. The molecule has 0 bridgehead atoms. The van der Waals surface area contributed by atoms with Gasteiger partial charge in [-0.3, -0.25) is 4.79 Å². The zero-order chi connectivity index (χ0) is 14.4. The number of aryl methyl sites for hydroxylation is 1. The maximum atomic E-state index is 12.4. The fraction of sp³-hybridized carbons (Fsp3) is 0.611. The lowest BCUT2D eigenvalue weighted by molar-refractivity contribution is -0.161. The predicted molar refractivity (Wildman–Crippen MR) is 79.6 cm³/mol. The maximum absolute atomic E-state index is 12.4. The molecule has 1 saturated carbocycles. The van der Waals surface area contributed by atoms with Gasteiger partial charge in [0.1, 0.15) is 0 Å². The molecule has 0 radical (unpaired) electrons. The number of carbonyl (C=O) groups is 1. The monoisotopic (exact) mass is 272 g/mol. The van der Waals surface area contributed by atoms with Crippen LogP contribution in [-0.2, 0) is 21.4 Å². The van der Waals surface area contributed by atoms with Crippen LogP contribution in [-0.4, -0.2) is 13.1 Å². The molecule has 0 N–H and O–H groups in total. The van der Waals surface area contributed by atoms with Crippen molar-refractivity contribution < 1.29 is 9.53 Å². The van der Waals surface area contributed by atoms with Crippen LogP contribution in [0.25, 0.3) is 0 Å². The highest BCUT2D eigenvalue weighted by Crippen LogP contribution is 2.57. The Morgan fingerprint density at radius 3 is 2.75 bits per heavy atom. The summed E-state index contributed by atoms with van der Waals surface area (Å²) < 4.78 is 5.14. The van der Waals surface area contributed by atoms with Gasteiger partial charge in [-0.25, -0.2) is 0 Å². The van der Waals surface area contributed by atoms with E-state index in [-0.39, 0.29) is 16.8 Å². The van der Waals surface area contributed by atoms with Crippen molar-refractivity contribution in [2.45, 2.75) is 51.4 Å². The number of esters is 1. The summed E-state index contributed by atoms with van der Waals surface area (Å²) in [5.41, 5.74) is 2.73. The van der Waals surface area contributed by atoms with Crippen molar-refractivity contribution in [3.63, 3.8) is 0 Å². The Bertz CT molecular complexity index is 536. The van der Waals surface area contributed by atoms with Crippen molar-refractivity contribution in [2.75, 3.05) is 7.11 Å². The van der Waals surface area contributed by atoms with Crippen LogP contribution in [0.4, 0.5) is 0 Å². The highest BCUT2D eigenvalue weighted by Gasteiger charge is 2.55. The molecule has 0 spiro atoms. The lowest BCUT2D eigenvalue weighted by atomic mass is 9.50. The summed E-state index contributed by atoms with van der Waals surface area (Å²) in [6, 6.07) is 8.78. The molecule has 2 aliphatic rings. The van der Waals surface area contributed by atoms with Crippen molar-refractivity contribution in [3.8, 4) is 0 Å². The summed E-state index contributed by atoms with van der Waals surface area (Å²) in [6.07, 6.45) is 5.43. The van der Waals surface area contributed by atoms with E-state index in [9.17, 15) is 4.79 Å². The van der Waals surface area contributed by atoms with Gasteiger partial charge in [-0.1, -0.05) is 37.6 Å². The Labute approximate surface area is 121 Å². The molecule has 3 atom stereocenters. The van der Waals surface area contributed by atoms with Crippen LogP contribution in [0.3, 0.4) is 0 Å². The largest absolute Gasteiger partial charge is 0.469 e. The normalized spacial score (nSPS) is 35.9. The third-order valence-corrected chi connectivity index (χ3v) is 5.92. The van der Waals surface area contributed by atoms with E-state index in [0.717, 1.165) is 25.7 Å². The molecule has 0 amide bonds. The van der Waals surface area contributed by atoms with Crippen molar-refractivity contribution in [2.24, 2.45) is 11.3 Å². The molecule has 0 aliphatic heterocycles. The third kappa shape index (κ3) is 1.73. The van der Waals surface area contributed by atoms with Crippen molar-refractivity contribution in [1.29, 1.82) is 0 Å². The second-order valence-electron chi connectivity index (χ2n) is 6.93. The van der Waals surface area contributed by atoms with Crippen molar-refractivity contribution in [3.05, 3.63) is 35.4 Å². The highest BCUT2D eigenvalue weighted by atomic mass is 16.5. The SMILES string of the molecule is COC(=O)[C@@]1(C)CCC[C@@]2(C)c3ccccc3CC[C@@H]21. The van der Waals surface area contributed by atoms with Gasteiger partial charge in [0.25, 0.3) is 0 Å². The van der Waals surface area contributed by atoms with E-state index in [4.69, 9.17) is 4.74 Å². The zero-order valence-corrected chi connectivity index (χ0v) is 12.7. The summed E-state index contributed by atoms with van der Waals surface area (Å²) in [5.74, 6) is 0.374. The first-order valence-electron chi connectivity index (χ1n) is 7.69. The summed E-state index contributed by atoms with van der Waals surface area (Å²) in [7, 11) is 1.52. The number of carbonyl (C=O) groups excluding carboxylic acids is 1. The first kappa shape index (κ1) is 13.7. The fourth-order valence-corrected chi connectivity index (χ4v) is 4.91. The van der Waals surface area contributed by atoms with Gasteiger partial charge in [0, 0.05) is 0 Å². The van der Waals surface area contributed by atoms with Gasteiger partial charge in [-0.15, -0.1) is 0 Å². The average Bonchev–Trinajstić information content (AvgIpc) is 2.46. The molecule has 2 heteroatoms. The minimum absolute atomic E-state index is 0.0205. The van der Waals surface area contributed by atoms with E-state index in [0.29, 0.717) is 5.92 Å². The molecule has 2 nitrogen and oxygen atoms in total. The molecule has 1 fully saturated rings. The molecular weight excluding hydrogens is 248 g/mol. The molecule has 20 heavy (non-hydrogen) atoms. The summed E-state index contributed by atoms with van der Waals surface area (Å²) in [5, 5.41) is 0. The van der Waals surface area contributed by atoms with Gasteiger partial charge in [-0.05, 0) is 55.1 Å². The van der Waals surface area contributed by atoms with Crippen LogP contribution in [0.5, 0.6) is 0 Å². The number of hydrogen-bond donors (Lipinski definition) is 0. The van der Waals surface area contributed by atoms with E-state index in [1.165, 1.54) is 24.7 Å². The average molecular weight is 272 g/mol. The highest BCUT2D eigenvalue weighted by molar-refractivity contribution is 5.77. The number of fused-ring (bicyclic) bond motifs is 3. The predicted octanol–water partition coefficient (Wildman–Crippen LogP) is 3.87. The number of ether oxygens (including phenoxy) is 1. The first-order chi connectivity index (χ1) is 9.52. The molecule has 0 saturated heterocycles. The first-order valence-corrected chi connectivity index (χ1v) is 7.69. The number of methoxy groups -OCH3 is 1. The van der Waals surface area contributed by atoms with Crippen LogP contribution in [0, 0.1) is 11.3 Å². The van der Waals surface area contributed by atoms with E-state index >= 15 is 0 Å². The van der Waals surface area contributed by atoms with Crippen LogP contribution < -0.4 is 0 Å². The molecule has 0 aromatic heterocycles. The van der Waals surface area contributed by atoms with E-state index in [1.807, 2.05) is 0 Å². The second-order valence-corrected chi connectivity index (χ2v) is 6.93. The van der Waals surface area contributed by atoms with Gasteiger partial charge in [-0.2, -0.15) is 0 Å². The number of benzene rings is 1. The topological polar surface area (TPSA) is 26.3 Å². The van der Waals surface area contributed by atoms with Gasteiger partial charge in [0.05, 0.1) is 12.5 Å².